The maximum Gasteiger partial charge on any atom is 0.227 e. The van der Waals surface area contributed by atoms with Crippen LogP contribution in [0.4, 0.5) is 0 Å². The molecule has 0 radical (unpaired) electrons. The van der Waals surface area contributed by atoms with Gasteiger partial charge in [-0.25, -0.2) is 15.0 Å². The second kappa shape index (κ2) is 9.49. The topological polar surface area (TPSA) is 107 Å². The van der Waals surface area contributed by atoms with Gasteiger partial charge in [-0.15, -0.1) is 22.7 Å². The zero-order valence-electron chi connectivity index (χ0n) is 20.4. The van der Waals surface area contributed by atoms with Gasteiger partial charge in [0.15, 0.2) is 0 Å². The summed E-state index contributed by atoms with van der Waals surface area (Å²) in [6, 6.07) is 14.1. The van der Waals surface area contributed by atoms with Crippen molar-refractivity contribution in [2.45, 2.75) is 0 Å². The van der Waals surface area contributed by atoms with Gasteiger partial charge >= 0.3 is 0 Å². The molecule has 7 aromatic heterocycles. The molecule has 40 heavy (non-hydrogen) atoms. The lowest BCUT2D eigenvalue weighted by Crippen LogP contribution is -2.01. The highest BCUT2D eigenvalue weighted by Gasteiger charge is 2.30. The molecule has 0 aliphatic heterocycles. The molecule has 7 heterocycles. The number of rotatable bonds is 6. The van der Waals surface area contributed by atoms with Gasteiger partial charge < -0.3 is 13.9 Å². The average molecular weight is 577 g/mol. The third-order valence-corrected chi connectivity index (χ3v) is 8.85. The lowest BCUT2D eigenvalue weighted by molar-refractivity contribution is 0.422. The Morgan fingerprint density at radius 2 is 1.80 bits per heavy atom. The highest BCUT2D eigenvalue weighted by molar-refractivity contribution is 7.14. The molecule has 0 fully saturated rings. The lowest BCUT2D eigenvalue weighted by atomic mass is 9.88. The van der Waals surface area contributed by atoms with Gasteiger partial charge in [0.25, 0.3) is 0 Å². The van der Waals surface area contributed by atoms with E-state index in [4.69, 9.17) is 23.3 Å². The molecule has 0 atom stereocenters. The smallest absolute Gasteiger partial charge is 0.227 e. The number of hydrogen-bond donors (Lipinski definition) is 1. The maximum atomic E-state index is 6.02. The van der Waals surface area contributed by atoms with Crippen LogP contribution in [0, 0.1) is 0 Å². The quantitative estimate of drug-likeness (QED) is 0.211. The van der Waals surface area contributed by atoms with E-state index in [0.717, 1.165) is 65.7 Å². The van der Waals surface area contributed by atoms with Crippen molar-refractivity contribution in [1.29, 1.82) is 0 Å². The summed E-state index contributed by atoms with van der Waals surface area (Å²) in [5.41, 5.74) is 8.29. The van der Waals surface area contributed by atoms with E-state index in [1.54, 1.807) is 41.4 Å². The predicted molar refractivity (Wildman–Crippen MR) is 158 cm³/mol. The van der Waals surface area contributed by atoms with Crippen LogP contribution in [0.1, 0.15) is 0 Å². The van der Waals surface area contributed by atoms with Crippen molar-refractivity contribution in [2.24, 2.45) is 0 Å². The highest BCUT2D eigenvalue weighted by Crippen LogP contribution is 2.51. The fourth-order valence-electron chi connectivity index (χ4n) is 5.05. The molecular formula is C29H16N6O2S3. The van der Waals surface area contributed by atoms with Gasteiger partial charge in [0.1, 0.15) is 23.2 Å². The molecule has 0 spiro atoms. The summed E-state index contributed by atoms with van der Waals surface area (Å²) in [7, 11) is 0. The fraction of sp³-hybridized carbons (Fsp3) is 0. The minimum Gasteiger partial charge on any atom is -0.444 e. The molecule has 0 aliphatic rings. The van der Waals surface area contributed by atoms with Crippen molar-refractivity contribution >= 4 is 45.1 Å². The lowest BCUT2D eigenvalue weighted by Gasteiger charge is -2.20. The van der Waals surface area contributed by atoms with E-state index in [1.165, 1.54) is 11.5 Å². The Bertz CT molecular complexity index is 1880. The summed E-state index contributed by atoms with van der Waals surface area (Å²) in [6.45, 7) is 0. The van der Waals surface area contributed by atoms with E-state index in [1.807, 2.05) is 53.5 Å². The van der Waals surface area contributed by atoms with Crippen molar-refractivity contribution in [3.8, 4) is 66.4 Å². The minimum atomic E-state index is 0.469. The van der Waals surface area contributed by atoms with Crippen LogP contribution in [-0.2, 0) is 0 Å². The molecule has 0 unspecified atom stereocenters. The maximum absolute atomic E-state index is 6.02. The summed E-state index contributed by atoms with van der Waals surface area (Å²) >= 11 is 4.60. The first-order valence-electron chi connectivity index (χ1n) is 12.2. The molecule has 0 amide bonds. The molecule has 8 nitrogen and oxygen atoms in total. The van der Waals surface area contributed by atoms with Gasteiger partial charge in [0.05, 0.1) is 34.4 Å². The number of thiophene rings is 1. The molecule has 8 aromatic rings. The zero-order chi connectivity index (χ0) is 26.5. The minimum absolute atomic E-state index is 0.469. The van der Waals surface area contributed by atoms with Crippen molar-refractivity contribution in [2.75, 3.05) is 0 Å². The summed E-state index contributed by atoms with van der Waals surface area (Å²) in [6.07, 6.45) is 8.53. The van der Waals surface area contributed by atoms with E-state index >= 15 is 0 Å². The Hall–Kier alpha value is -4.71. The highest BCUT2D eigenvalue weighted by atomic mass is 32.1. The normalized spacial score (nSPS) is 11.5. The second-order valence-corrected chi connectivity index (χ2v) is 11.3. The van der Waals surface area contributed by atoms with Gasteiger partial charge in [-0.3, -0.25) is 0 Å². The van der Waals surface area contributed by atoms with Crippen molar-refractivity contribution in [1.82, 2.24) is 29.5 Å². The number of hydrogen-bond acceptors (Lipinski definition) is 10. The van der Waals surface area contributed by atoms with E-state index in [-0.39, 0.29) is 0 Å². The van der Waals surface area contributed by atoms with Crippen LogP contribution < -0.4 is 0 Å². The van der Waals surface area contributed by atoms with Crippen LogP contribution in [0.15, 0.2) is 98.7 Å². The van der Waals surface area contributed by atoms with Crippen LogP contribution in [0.25, 0.3) is 77.3 Å². The van der Waals surface area contributed by atoms with Crippen LogP contribution in [0.5, 0.6) is 0 Å². The number of fused-ring (bicyclic) bond motifs is 1. The third kappa shape index (κ3) is 3.67. The molecule has 0 aliphatic carbocycles. The molecule has 192 valence electrons. The average Bonchev–Trinajstić information content (AvgIpc) is 3.81. The Balaban J connectivity index is 1.65. The standard InChI is InChI=1S/C29H16N6O2S3/c1-3-19(30-7-1)27-24(18-6-13-40-35-18)25(28-31-8-11-36-28)23-20(33-27)15-16(21-4-2-12-38-21)22(17-5-10-37-34-17)26(23)29-32-9-14-39-29/h1-15,30H. The first-order chi connectivity index (χ1) is 19.9. The van der Waals surface area contributed by atoms with Gasteiger partial charge in [-0.1, -0.05) is 11.2 Å². The Labute approximate surface area is 238 Å². The van der Waals surface area contributed by atoms with E-state index < -0.39 is 0 Å². The number of oxazole rings is 1. The summed E-state index contributed by atoms with van der Waals surface area (Å²) in [5.74, 6) is 0.469. The number of thiazole rings is 1. The SMILES string of the molecule is c1c[nH]c(-c2nc3cc(-c4cccs4)c(-c4ccon4)c(-c4nccs4)c3c(-c3ncco3)c2-c2ccsn2)c1. The van der Waals surface area contributed by atoms with Crippen LogP contribution >= 0.6 is 34.2 Å². The van der Waals surface area contributed by atoms with Crippen molar-refractivity contribution in [3.63, 3.8) is 0 Å². The second-order valence-electron chi connectivity index (χ2n) is 8.78. The Morgan fingerprint density at radius 3 is 2.50 bits per heavy atom. The number of benzene rings is 1. The number of nitrogens with one attached hydrogen (secondary N) is 1. The Kier molecular flexibility index (Phi) is 5.50. The van der Waals surface area contributed by atoms with E-state index in [2.05, 4.69) is 32.6 Å². The summed E-state index contributed by atoms with van der Waals surface area (Å²) < 4.78 is 16.1. The van der Waals surface area contributed by atoms with E-state index in [9.17, 15) is 0 Å². The number of aromatic amines is 1. The van der Waals surface area contributed by atoms with Crippen LogP contribution in [-0.4, -0.2) is 29.5 Å². The first kappa shape index (κ1) is 23.2. The van der Waals surface area contributed by atoms with Crippen molar-refractivity contribution in [3.05, 3.63) is 89.7 Å². The largest absolute Gasteiger partial charge is 0.444 e. The summed E-state index contributed by atoms with van der Waals surface area (Å²) in [4.78, 5) is 19.2. The Morgan fingerprint density at radius 1 is 0.800 bits per heavy atom. The third-order valence-electron chi connectivity index (χ3n) is 6.60. The molecule has 0 bridgehead atoms. The number of nitrogens with zero attached hydrogens (tertiary/aromatic N) is 5. The van der Waals surface area contributed by atoms with Gasteiger partial charge in [0.2, 0.25) is 5.89 Å². The number of H-pyrrole nitrogens is 1. The van der Waals surface area contributed by atoms with Gasteiger partial charge in [0, 0.05) is 61.7 Å². The molecule has 0 saturated carbocycles. The molecule has 1 aromatic carbocycles. The first-order valence-corrected chi connectivity index (χ1v) is 14.8. The predicted octanol–water partition coefficient (Wildman–Crippen LogP) is 8.52. The van der Waals surface area contributed by atoms with Crippen LogP contribution in [0.3, 0.4) is 0 Å². The van der Waals surface area contributed by atoms with Gasteiger partial charge in [-0.2, -0.15) is 4.37 Å². The monoisotopic (exact) mass is 576 g/mol. The fourth-order valence-corrected chi connectivity index (χ4v) is 7.01. The number of pyridine rings is 1. The molecule has 8 rings (SSSR count). The number of aromatic nitrogens is 6. The summed E-state index contributed by atoms with van der Waals surface area (Å²) in [5, 5.41) is 12.1. The van der Waals surface area contributed by atoms with Crippen LogP contribution in [0.2, 0.25) is 0 Å². The molecular weight excluding hydrogens is 561 g/mol. The zero-order valence-corrected chi connectivity index (χ0v) is 22.9. The molecule has 11 heteroatoms. The van der Waals surface area contributed by atoms with Gasteiger partial charge in [-0.05, 0) is 47.2 Å². The van der Waals surface area contributed by atoms with Crippen molar-refractivity contribution < 1.29 is 8.94 Å². The molecule has 1 N–H and O–H groups in total. The molecule has 0 saturated heterocycles. The van der Waals surface area contributed by atoms with E-state index in [0.29, 0.717) is 11.6 Å².